The molecule has 6 heteroatoms. The Labute approximate surface area is 129 Å². The molecule has 5 nitrogen and oxygen atoms in total. The van der Waals surface area contributed by atoms with Crippen LogP contribution in [0.3, 0.4) is 0 Å². The first kappa shape index (κ1) is 15.6. The Morgan fingerprint density at radius 2 is 1.86 bits per heavy atom. The van der Waals surface area contributed by atoms with Crippen molar-refractivity contribution in [3.05, 3.63) is 28.8 Å². The van der Waals surface area contributed by atoms with Crippen LogP contribution in [0.2, 0.25) is 5.02 Å². The van der Waals surface area contributed by atoms with Gasteiger partial charge < -0.3 is 15.4 Å². The van der Waals surface area contributed by atoms with Gasteiger partial charge in [0.05, 0.1) is 5.56 Å². The molecular formula is C15H19ClN2O3. The molecule has 0 aromatic heterocycles. The van der Waals surface area contributed by atoms with Crippen LogP contribution in [0, 0.1) is 0 Å². The van der Waals surface area contributed by atoms with Crippen LogP contribution < -0.4 is 10.5 Å². The highest BCUT2D eigenvalue weighted by atomic mass is 35.5. The number of amides is 2. The fraction of sp³-hybridized carbons (Fsp3) is 0.467. The van der Waals surface area contributed by atoms with E-state index in [1.54, 1.807) is 12.1 Å². The van der Waals surface area contributed by atoms with E-state index in [4.69, 9.17) is 22.1 Å². The summed E-state index contributed by atoms with van der Waals surface area (Å²) < 4.78 is 5.46. The van der Waals surface area contributed by atoms with E-state index >= 15 is 0 Å². The van der Waals surface area contributed by atoms with Crippen molar-refractivity contribution in [1.29, 1.82) is 0 Å². The summed E-state index contributed by atoms with van der Waals surface area (Å²) in [6, 6.07) is 4.59. The molecule has 1 aromatic rings. The summed E-state index contributed by atoms with van der Waals surface area (Å²) in [5.74, 6) is -0.410. The summed E-state index contributed by atoms with van der Waals surface area (Å²) in [4.78, 5) is 25.3. The molecule has 1 aliphatic heterocycles. The van der Waals surface area contributed by atoms with Gasteiger partial charge in [0.2, 0.25) is 0 Å². The molecule has 114 valence electrons. The zero-order valence-corrected chi connectivity index (χ0v) is 12.6. The van der Waals surface area contributed by atoms with Gasteiger partial charge in [-0.1, -0.05) is 24.4 Å². The van der Waals surface area contributed by atoms with Crippen LogP contribution in [0.1, 0.15) is 36.0 Å². The van der Waals surface area contributed by atoms with Crippen LogP contribution in [0.5, 0.6) is 5.75 Å². The lowest BCUT2D eigenvalue weighted by Gasteiger charge is -2.20. The quantitative estimate of drug-likeness (QED) is 0.926. The smallest absolute Gasteiger partial charge is 0.260 e. The summed E-state index contributed by atoms with van der Waals surface area (Å²) >= 11 is 5.82. The Kier molecular flexibility index (Phi) is 5.44. The molecule has 2 amide bonds. The van der Waals surface area contributed by atoms with Gasteiger partial charge in [-0.15, -0.1) is 0 Å². The summed E-state index contributed by atoms with van der Waals surface area (Å²) in [6.07, 6.45) is 4.37. The SMILES string of the molecule is NC(=O)c1cc(Cl)ccc1OCC(=O)N1CCCCCC1. The molecule has 0 atom stereocenters. The number of hydrogen-bond donors (Lipinski definition) is 1. The molecule has 0 aliphatic carbocycles. The third kappa shape index (κ3) is 4.36. The summed E-state index contributed by atoms with van der Waals surface area (Å²) in [6.45, 7) is 1.44. The van der Waals surface area contributed by atoms with Gasteiger partial charge >= 0.3 is 0 Å². The molecule has 1 heterocycles. The molecule has 0 spiro atoms. The van der Waals surface area contributed by atoms with Crippen molar-refractivity contribution in [2.45, 2.75) is 25.7 Å². The number of rotatable bonds is 4. The van der Waals surface area contributed by atoms with Crippen LogP contribution in [0.25, 0.3) is 0 Å². The Balaban J connectivity index is 1.99. The zero-order chi connectivity index (χ0) is 15.2. The van der Waals surface area contributed by atoms with Gasteiger partial charge in [-0.3, -0.25) is 9.59 Å². The van der Waals surface area contributed by atoms with Crippen LogP contribution >= 0.6 is 11.6 Å². The van der Waals surface area contributed by atoms with Crippen molar-refractivity contribution in [2.24, 2.45) is 5.73 Å². The number of nitrogens with zero attached hydrogens (tertiary/aromatic N) is 1. The third-order valence-electron chi connectivity index (χ3n) is 3.52. The first-order valence-electron chi connectivity index (χ1n) is 7.08. The topological polar surface area (TPSA) is 72.6 Å². The maximum absolute atomic E-state index is 12.1. The highest BCUT2D eigenvalue weighted by Crippen LogP contribution is 2.22. The monoisotopic (exact) mass is 310 g/mol. The lowest BCUT2D eigenvalue weighted by Crippen LogP contribution is -2.35. The maximum Gasteiger partial charge on any atom is 0.260 e. The Morgan fingerprint density at radius 3 is 2.48 bits per heavy atom. The summed E-state index contributed by atoms with van der Waals surface area (Å²) in [7, 11) is 0. The average Bonchev–Trinajstić information content (AvgIpc) is 2.74. The zero-order valence-electron chi connectivity index (χ0n) is 11.8. The fourth-order valence-corrected chi connectivity index (χ4v) is 2.54. The van der Waals surface area contributed by atoms with Gasteiger partial charge in [0, 0.05) is 18.1 Å². The second kappa shape index (κ2) is 7.31. The average molecular weight is 311 g/mol. The molecular weight excluding hydrogens is 292 g/mol. The minimum atomic E-state index is -0.630. The molecule has 21 heavy (non-hydrogen) atoms. The van der Waals surface area contributed by atoms with E-state index < -0.39 is 5.91 Å². The van der Waals surface area contributed by atoms with Crippen molar-refractivity contribution in [1.82, 2.24) is 4.90 Å². The molecule has 2 N–H and O–H groups in total. The minimum absolute atomic E-state index is 0.0673. The number of primary amides is 1. The molecule has 2 rings (SSSR count). The second-order valence-corrected chi connectivity index (χ2v) is 5.52. The number of benzene rings is 1. The Hall–Kier alpha value is -1.75. The molecule has 0 saturated carbocycles. The number of ether oxygens (including phenoxy) is 1. The lowest BCUT2D eigenvalue weighted by atomic mass is 10.2. The number of carbonyl (C=O) groups is 2. The van der Waals surface area contributed by atoms with Crippen molar-refractivity contribution < 1.29 is 14.3 Å². The molecule has 0 radical (unpaired) electrons. The number of nitrogens with two attached hydrogens (primary N) is 1. The van der Waals surface area contributed by atoms with E-state index in [-0.39, 0.29) is 23.8 Å². The van der Waals surface area contributed by atoms with Gasteiger partial charge in [0.25, 0.3) is 11.8 Å². The van der Waals surface area contributed by atoms with Gasteiger partial charge in [-0.05, 0) is 31.0 Å². The van der Waals surface area contributed by atoms with Crippen LogP contribution in [-0.4, -0.2) is 36.4 Å². The number of carbonyl (C=O) groups excluding carboxylic acids is 2. The first-order chi connectivity index (χ1) is 10.1. The normalized spacial score (nSPS) is 15.4. The van der Waals surface area contributed by atoms with Crippen molar-refractivity contribution in [3.63, 3.8) is 0 Å². The van der Waals surface area contributed by atoms with Crippen molar-refractivity contribution in [3.8, 4) is 5.75 Å². The maximum atomic E-state index is 12.1. The third-order valence-corrected chi connectivity index (χ3v) is 3.75. The highest BCUT2D eigenvalue weighted by Gasteiger charge is 2.17. The van der Waals surface area contributed by atoms with Gasteiger partial charge in [-0.25, -0.2) is 0 Å². The molecule has 1 aromatic carbocycles. The Morgan fingerprint density at radius 1 is 1.19 bits per heavy atom. The first-order valence-corrected chi connectivity index (χ1v) is 7.45. The molecule has 0 unspecified atom stereocenters. The van der Waals surface area contributed by atoms with Crippen LogP contribution in [0.4, 0.5) is 0 Å². The van der Waals surface area contributed by atoms with Crippen LogP contribution in [0.15, 0.2) is 18.2 Å². The van der Waals surface area contributed by atoms with E-state index in [2.05, 4.69) is 0 Å². The van der Waals surface area contributed by atoms with Crippen LogP contribution in [-0.2, 0) is 4.79 Å². The standard InChI is InChI=1S/C15H19ClN2O3/c16-11-5-6-13(12(9-11)15(17)20)21-10-14(19)18-7-3-1-2-4-8-18/h5-6,9H,1-4,7-8,10H2,(H2,17,20). The Bertz CT molecular complexity index is 526. The molecule has 1 fully saturated rings. The number of likely N-dealkylation sites (tertiary alicyclic amines) is 1. The van der Waals surface area contributed by atoms with E-state index in [1.165, 1.54) is 6.07 Å². The largest absolute Gasteiger partial charge is 0.483 e. The highest BCUT2D eigenvalue weighted by molar-refractivity contribution is 6.31. The van der Waals surface area contributed by atoms with E-state index in [0.29, 0.717) is 5.02 Å². The summed E-state index contributed by atoms with van der Waals surface area (Å²) in [5.41, 5.74) is 5.47. The van der Waals surface area contributed by atoms with E-state index in [9.17, 15) is 9.59 Å². The fourth-order valence-electron chi connectivity index (χ4n) is 2.37. The van der Waals surface area contributed by atoms with Crippen molar-refractivity contribution >= 4 is 23.4 Å². The van der Waals surface area contributed by atoms with Gasteiger partial charge in [-0.2, -0.15) is 0 Å². The van der Waals surface area contributed by atoms with Gasteiger partial charge in [0.1, 0.15) is 5.75 Å². The predicted molar refractivity (Wildman–Crippen MR) is 80.5 cm³/mol. The molecule has 1 aliphatic rings. The lowest BCUT2D eigenvalue weighted by molar-refractivity contribution is -0.133. The molecule has 0 bridgehead atoms. The van der Waals surface area contributed by atoms with Crippen molar-refractivity contribution in [2.75, 3.05) is 19.7 Å². The van der Waals surface area contributed by atoms with Gasteiger partial charge in [0.15, 0.2) is 6.61 Å². The summed E-state index contributed by atoms with van der Waals surface area (Å²) in [5, 5.41) is 0.398. The van der Waals surface area contributed by atoms with E-state index in [0.717, 1.165) is 38.8 Å². The predicted octanol–water partition coefficient (Wildman–Crippen LogP) is 2.22. The second-order valence-electron chi connectivity index (χ2n) is 5.09. The number of hydrogen-bond acceptors (Lipinski definition) is 3. The van der Waals surface area contributed by atoms with E-state index in [1.807, 2.05) is 4.90 Å². The number of halogens is 1. The molecule has 1 saturated heterocycles. The minimum Gasteiger partial charge on any atom is -0.483 e.